The lowest BCUT2D eigenvalue weighted by Gasteiger charge is -2.13. The summed E-state index contributed by atoms with van der Waals surface area (Å²) >= 11 is 6.78. The van der Waals surface area contributed by atoms with Gasteiger partial charge in [-0.3, -0.25) is 4.79 Å². The summed E-state index contributed by atoms with van der Waals surface area (Å²) in [5.41, 5.74) is 2.07. The summed E-state index contributed by atoms with van der Waals surface area (Å²) in [6.07, 6.45) is 0.874. The number of hydrogen-bond acceptors (Lipinski definition) is 3. The molecule has 0 atom stereocenters. The first-order valence-corrected chi connectivity index (χ1v) is 9.33. The fraction of sp³-hybridized carbons (Fsp3) is 0.278. The Bertz CT molecular complexity index is 745. The molecule has 0 aromatic heterocycles. The minimum atomic E-state index is -0.903. The minimum absolute atomic E-state index is 0.0756. The van der Waals surface area contributed by atoms with Gasteiger partial charge in [0.1, 0.15) is 18.2 Å². The molecule has 25 heavy (non-hydrogen) atoms. The van der Waals surface area contributed by atoms with Gasteiger partial charge in [0.2, 0.25) is 0 Å². The highest BCUT2D eigenvalue weighted by molar-refractivity contribution is 9.11. The van der Waals surface area contributed by atoms with Crippen LogP contribution < -0.4 is 10.1 Å². The zero-order valence-electron chi connectivity index (χ0n) is 13.6. The lowest BCUT2D eigenvalue weighted by atomic mass is 10.1. The maximum atomic E-state index is 13.7. The Kier molecular flexibility index (Phi) is 7.25. The SMILES string of the molecule is CCCNc1cc(F)cc(COc2c(Br)cc(CC(=O)O)cc2Br)c1. The van der Waals surface area contributed by atoms with Gasteiger partial charge in [-0.05, 0) is 79.7 Å². The monoisotopic (exact) mass is 473 g/mol. The first-order chi connectivity index (χ1) is 11.9. The van der Waals surface area contributed by atoms with E-state index in [0.717, 1.165) is 18.7 Å². The lowest BCUT2D eigenvalue weighted by Crippen LogP contribution is -2.04. The maximum Gasteiger partial charge on any atom is 0.307 e. The number of carboxylic acid groups (broad SMARTS) is 1. The average Bonchev–Trinajstić information content (AvgIpc) is 2.51. The van der Waals surface area contributed by atoms with E-state index >= 15 is 0 Å². The van der Waals surface area contributed by atoms with Crippen LogP contribution in [0.15, 0.2) is 39.3 Å². The fourth-order valence-electron chi connectivity index (χ4n) is 2.29. The molecule has 0 aliphatic heterocycles. The standard InChI is InChI=1S/C18H18Br2FNO3/c1-2-3-22-14-5-12(4-13(21)9-14)10-25-18-15(19)6-11(7-16(18)20)8-17(23)24/h4-7,9,22H,2-3,8,10H2,1H3,(H,23,24). The number of ether oxygens (including phenoxy) is 1. The minimum Gasteiger partial charge on any atom is -0.487 e. The predicted molar refractivity (Wildman–Crippen MR) is 103 cm³/mol. The van der Waals surface area contributed by atoms with Gasteiger partial charge in [-0.1, -0.05) is 6.92 Å². The third-order valence-electron chi connectivity index (χ3n) is 3.33. The van der Waals surface area contributed by atoms with E-state index in [2.05, 4.69) is 37.2 Å². The number of carbonyl (C=O) groups is 1. The number of benzene rings is 2. The van der Waals surface area contributed by atoms with Gasteiger partial charge >= 0.3 is 5.97 Å². The van der Waals surface area contributed by atoms with Crippen LogP contribution >= 0.6 is 31.9 Å². The molecule has 0 unspecified atom stereocenters. The highest BCUT2D eigenvalue weighted by atomic mass is 79.9. The van der Waals surface area contributed by atoms with E-state index in [4.69, 9.17) is 9.84 Å². The number of carboxylic acids is 1. The molecule has 4 nitrogen and oxygen atoms in total. The normalized spacial score (nSPS) is 10.6. The third-order valence-corrected chi connectivity index (χ3v) is 4.51. The molecule has 0 spiro atoms. The first-order valence-electron chi connectivity index (χ1n) is 7.75. The summed E-state index contributed by atoms with van der Waals surface area (Å²) in [6.45, 7) is 3.00. The largest absolute Gasteiger partial charge is 0.487 e. The number of hydrogen-bond donors (Lipinski definition) is 2. The van der Waals surface area contributed by atoms with Crippen LogP contribution in [0.3, 0.4) is 0 Å². The molecule has 2 rings (SSSR count). The number of aliphatic carboxylic acids is 1. The van der Waals surface area contributed by atoms with Gasteiger partial charge in [-0.2, -0.15) is 0 Å². The summed E-state index contributed by atoms with van der Waals surface area (Å²) in [5.74, 6) is -0.685. The third kappa shape index (κ3) is 6.01. The summed E-state index contributed by atoms with van der Waals surface area (Å²) in [5, 5.41) is 12.0. The van der Waals surface area contributed by atoms with Crippen LogP contribution in [0.5, 0.6) is 5.75 Å². The lowest BCUT2D eigenvalue weighted by molar-refractivity contribution is -0.136. The van der Waals surface area contributed by atoms with E-state index in [1.54, 1.807) is 12.1 Å². The second-order valence-corrected chi connectivity index (χ2v) is 7.23. The zero-order valence-corrected chi connectivity index (χ0v) is 16.8. The van der Waals surface area contributed by atoms with Crippen LogP contribution in [0.4, 0.5) is 10.1 Å². The van der Waals surface area contributed by atoms with Crippen LogP contribution in [0.1, 0.15) is 24.5 Å². The molecule has 0 aliphatic rings. The van der Waals surface area contributed by atoms with Crippen molar-refractivity contribution in [1.82, 2.24) is 0 Å². The van der Waals surface area contributed by atoms with Crippen molar-refractivity contribution in [1.29, 1.82) is 0 Å². The fourth-order valence-corrected chi connectivity index (χ4v) is 3.80. The topological polar surface area (TPSA) is 58.6 Å². The Balaban J connectivity index is 2.13. The van der Waals surface area contributed by atoms with Crippen LogP contribution in [-0.2, 0) is 17.8 Å². The van der Waals surface area contributed by atoms with E-state index in [1.165, 1.54) is 12.1 Å². The molecular weight excluding hydrogens is 457 g/mol. The smallest absolute Gasteiger partial charge is 0.307 e. The van der Waals surface area contributed by atoms with Crippen molar-refractivity contribution in [3.63, 3.8) is 0 Å². The molecule has 0 saturated carbocycles. The number of nitrogens with one attached hydrogen (secondary N) is 1. The molecule has 0 heterocycles. The van der Waals surface area contributed by atoms with Gasteiger partial charge in [0.05, 0.1) is 15.4 Å². The van der Waals surface area contributed by atoms with E-state index in [9.17, 15) is 9.18 Å². The predicted octanol–water partition coefficient (Wildman–Crippen LogP) is 5.38. The Labute approximate surface area is 162 Å². The molecule has 0 amide bonds. The Morgan fingerprint density at radius 1 is 1.16 bits per heavy atom. The van der Waals surface area contributed by atoms with E-state index < -0.39 is 5.97 Å². The van der Waals surface area contributed by atoms with Crippen molar-refractivity contribution in [3.05, 3.63) is 56.2 Å². The van der Waals surface area contributed by atoms with Crippen molar-refractivity contribution in [3.8, 4) is 5.75 Å². The Morgan fingerprint density at radius 2 is 1.84 bits per heavy atom. The maximum absolute atomic E-state index is 13.7. The number of anilines is 1. The molecule has 0 bridgehead atoms. The second-order valence-electron chi connectivity index (χ2n) is 5.52. The summed E-state index contributed by atoms with van der Waals surface area (Å²) in [7, 11) is 0. The van der Waals surface area contributed by atoms with Gasteiger partial charge in [0.25, 0.3) is 0 Å². The molecule has 0 fully saturated rings. The molecule has 134 valence electrons. The number of halogens is 3. The van der Waals surface area contributed by atoms with Crippen molar-refractivity contribution < 1.29 is 19.0 Å². The number of rotatable bonds is 8. The van der Waals surface area contributed by atoms with Gasteiger partial charge < -0.3 is 15.2 Å². The van der Waals surface area contributed by atoms with Gasteiger partial charge in [-0.25, -0.2) is 4.39 Å². The zero-order chi connectivity index (χ0) is 18.4. The molecule has 0 aliphatic carbocycles. The van der Waals surface area contributed by atoms with Crippen LogP contribution in [0.2, 0.25) is 0 Å². The molecule has 2 aromatic carbocycles. The molecule has 0 radical (unpaired) electrons. The van der Waals surface area contributed by atoms with Crippen molar-refractivity contribution in [2.24, 2.45) is 0 Å². The summed E-state index contributed by atoms with van der Waals surface area (Å²) in [4.78, 5) is 10.8. The summed E-state index contributed by atoms with van der Waals surface area (Å²) in [6, 6.07) is 8.13. The first kappa shape index (κ1) is 19.7. The van der Waals surface area contributed by atoms with Gasteiger partial charge in [-0.15, -0.1) is 0 Å². The highest BCUT2D eigenvalue weighted by Crippen LogP contribution is 2.35. The van der Waals surface area contributed by atoms with E-state index in [1.807, 2.05) is 13.0 Å². The van der Waals surface area contributed by atoms with Crippen molar-refractivity contribution >= 4 is 43.5 Å². The van der Waals surface area contributed by atoms with Crippen molar-refractivity contribution in [2.75, 3.05) is 11.9 Å². The second kappa shape index (κ2) is 9.20. The Morgan fingerprint density at radius 3 is 2.44 bits per heavy atom. The molecule has 2 aromatic rings. The molecular formula is C18H18Br2FNO3. The molecule has 0 saturated heterocycles. The molecule has 2 N–H and O–H groups in total. The van der Waals surface area contributed by atoms with E-state index in [0.29, 0.717) is 25.8 Å². The summed E-state index contributed by atoms with van der Waals surface area (Å²) < 4.78 is 20.8. The van der Waals surface area contributed by atoms with Crippen molar-refractivity contribution in [2.45, 2.75) is 26.4 Å². The van der Waals surface area contributed by atoms with Crippen LogP contribution in [0, 0.1) is 5.82 Å². The molecule has 7 heteroatoms. The quantitative estimate of drug-likeness (QED) is 0.539. The van der Waals surface area contributed by atoms with Crippen LogP contribution in [-0.4, -0.2) is 17.6 Å². The van der Waals surface area contributed by atoms with Gasteiger partial charge in [0, 0.05) is 12.2 Å². The van der Waals surface area contributed by atoms with Gasteiger partial charge in [0.15, 0.2) is 0 Å². The highest BCUT2D eigenvalue weighted by Gasteiger charge is 2.12. The average molecular weight is 475 g/mol. The van der Waals surface area contributed by atoms with E-state index in [-0.39, 0.29) is 18.8 Å². The van der Waals surface area contributed by atoms with Crippen LogP contribution in [0.25, 0.3) is 0 Å². The Hall–Kier alpha value is -1.60.